The van der Waals surface area contributed by atoms with Gasteiger partial charge >= 0.3 is 0 Å². The average Bonchev–Trinajstić information content (AvgIpc) is 3.91. The molecule has 0 atom stereocenters. The summed E-state index contributed by atoms with van der Waals surface area (Å²) in [6.07, 6.45) is 0. The van der Waals surface area contributed by atoms with E-state index in [1.807, 2.05) is 90.6 Å². The van der Waals surface area contributed by atoms with E-state index in [0.29, 0.717) is 17.5 Å². The lowest BCUT2D eigenvalue weighted by Crippen LogP contribution is -2.15. The molecule has 0 saturated carbocycles. The van der Waals surface area contributed by atoms with Gasteiger partial charge in [0, 0.05) is 53.7 Å². The van der Waals surface area contributed by atoms with E-state index in [1.165, 1.54) is 4.90 Å². The summed E-state index contributed by atoms with van der Waals surface area (Å²) in [5, 5.41) is 4.32. The van der Waals surface area contributed by atoms with Crippen molar-refractivity contribution in [2.45, 2.75) is 9.79 Å². The van der Waals surface area contributed by atoms with Crippen LogP contribution in [0.3, 0.4) is 0 Å². The lowest BCUT2D eigenvalue weighted by Gasteiger charge is -2.33. The molecule has 64 heavy (non-hydrogen) atoms. The smallest absolute Gasteiger partial charge is 0.167 e. The van der Waals surface area contributed by atoms with Crippen LogP contribution in [0, 0.1) is 12.1 Å². The number of benzene rings is 8. The monoisotopic (exact) mass is 835 g/mol. The Labute approximate surface area is 372 Å². The Morgan fingerprint density at radius 3 is 1.89 bits per heavy atom. The van der Waals surface area contributed by atoms with Gasteiger partial charge in [-0.3, -0.25) is 0 Å². The maximum absolute atomic E-state index is 7.12. The van der Waals surface area contributed by atoms with Crippen LogP contribution in [0.4, 0.5) is 17.1 Å². The van der Waals surface area contributed by atoms with Gasteiger partial charge in [-0.2, -0.15) is 0 Å². The number of hydrogen-bond donors (Lipinski definition) is 0. The number of furan rings is 1. The third kappa shape index (κ3) is 5.81. The molecule has 0 N–H and O–H groups in total. The highest BCUT2D eigenvalue weighted by Crippen LogP contribution is 2.54. The highest BCUT2D eigenvalue weighted by atomic mass is 32.2. The van der Waals surface area contributed by atoms with Crippen molar-refractivity contribution in [3.63, 3.8) is 0 Å². The fourth-order valence-electron chi connectivity index (χ4n) is 9.18. The Morgan fingerprint density at radius 1 is 0.438 bits per heavy atom. The molecular weight excluding hydrogens is 803 g/mol. The summed E-state index contributed by atoms with van der Waals surface area (Å²) < 4.78 is 9.49. The van der Waals surface area contributed by atoms with E-state index in [2.05, 4.69) is 143 Å². The second-order valence-electron chi connectivity index (χ2n) is 15.8. The minimum absolute atomic E-state index is 0.551. The molecule has 9 aromatic carbocycles. The van der Waals surface area contributed by atoms with E-state index in [0.717, 1.165) is 99.2 Å². The van der Waals surface area contributed by atoms with E-state index in [9.17, 15) is 0 Å². The van der Waals surface area contributed by atoms with Gasteiger partial charge in [0.25, 0.3) is 0 Å². The highest BCUT2D eigenvalue weighted by Gasteiger charge is 2.28. The minimum Gasteiger partial charge on any atom is -0.453 e. The van der Waals surface area contributed by atoms with Crippen LogP contribution in [0.25, 0.3) is 94.7 Å². The number of nitrogens with zero attached hydrogens (tertiary/aromatic N) is 5. The first-order valence-electron chi connectivity index (χ1n) is 21.2. The van der Waals surface area contributed by atoms with Gasteiger partial charge in [-0.15, -0.1) is 0 Å². The summed E-state index contributed by atoms with van der Waals surface area (Å²) in [7, 11) is 0. The molecule has 7 heteroatoms. The summed E-state index contributed by atoms with van der Waals surface area (Å²) in [6.45, 7) is 0. The second kappa shape index (κ2) is 14.6. The summed E-state index contributed by atoms with van der Waals surface area (Å²) >= 11 is 1.81. The Morgan fingerprint density at radius 2 is 1.09 bits per heavy atom. The van der Waals surface area contributed by atoms with Gasteiger partial charge in [0.1, 0.15) is 5.58 Å². The highest BCUT2D eigenvalue weighted by molar-refractivity contribution is 7.99. The number of anilines is 3. The molecule has 6 nitrogen and oxygen atoms in total. The molecule has 0 fully saturated rings. The van der Waals surface area contributed by atoms with E-state index in [1.54, 1.807) is 0 Å². The van der Waals surface area contributed by atoms with Gasteiger partial charge in [-0.1, -0.05) is 157 Å². The van der Waals surface area contributed by atoms with Crippen molar-refractivity contribution < 1.29 is 4.42 Å². The van der Waals surface area contributed by atoms with Gasteiger partial charge < -0.3 is 13.9 Å². The van der Waals surface area contributed by atoms with E-state index < -0.39 is 0 Å². The molecule has 0 radical (unpaired) electrons. The quantitative estimate of drug-likeness (QED) is 0.166. The zero-order valence-corrected chi connectivity index (χ0v) is 34.9. The number of rotatable bonds is 6. The van der Waals surface area contributed by atoms with Crippen molar-refractivity contribution in [3.8, 4) is 51.0 Å². The van der Waals surface area contributed by atoms with E-state index >= 15 is 0 Å². The number of aromatic nitrogens is 4. The Balaban J connectivity index is 1.01. The van der Waals surface area contributed by atoms with Gasteiger partial charge in [0.2, 0.25) is 0 Å². The normalized spacial score (nSPS) is 12.2. The van der Waals surface area contributed by atoms with Crippen LogP contribution >= 0.6 is 11.8 Å². The van der Waals surface area contributed by atoms with Crippen molar-refractivity contribution in [1.29, 1.82) is 0 Å². The van der Waals surface area contributed by atoms with Gasteiger partial charge in [0.15, 0.2) is 23.1 Å². The Bertz CT molecular complexity index is 3710. The molecule has 0 saturated heterocycles. The summed E-state index contributed by atoms with van der Waals surface area (Å²) in [4.78, 5) is 19.9. The average molecular weight is 836 g/mol. The molecule has 13 rings (SSSR count). The van der Waals surface area contributed by atoms with Crippen LogP contribution in [-0.4, -0.2) is 19.5 Å². The molecule has 12 aromatic rings. The molecule has 298 valence electrons. The number of fused-ring (bicyclic) bond motifs is 8. The lowest BCUT2D eigenvalue weighted by atomic mass is 10.0. The summed E-state index contributed by atoms with van der Waals surface area (Å²) in [6, 6.07) is 76.0. The molecule has 0 amide bonds. The Hall–Kier alpha value is -8.44. The first-order valence-corrected chi connectivity index (χ1v) is 22.0. The zero-order valence-electron chi connectivity index (χ0n) is 34.1. The molecule has 0 unspecified atom stereocenters. The molecule has 0 bridgehead atoms. The van der Waals surface area contributed by atoms with E-state index in [-0.39, 0.29) is 0 Å². The molecular formula is C57H33N5OS. The minimum atomic E-state index is 0.551. The van der Waals surface area contributed by atoms with Gasteiger partial charge in [-0.05, 0) is 72.3 Å². The first kappa shape index (κ1) is 36.2. The SMILES string of the molecule is c1cccc(-c2cccc(N3c4ccccc4Sc4cc5c(cc43)c3ccccc3n5-c3cccc4c3oc3c(-c5nc(-c6ccccc6)nc(-c6ccccc6)n5)cccc34)c2)c#1. The van der Waals surface area contributed by atoms with E-state index in [4.69, 9.17) is 19.4 Å². The summed E-state index contributed by atoms with van der Waals surface area (Å²) in [5.41, 5.74) is 12.8. The first-order chi connectivity index (χ1) is 31.7. The Kier molecular flexibility index (Phi) is 8.26. The number of hydrogen-bond acceptors (Lipinski definition) is 6. The molecule has 1 aliphatic heterocycles. The van der Waals surface area contributed by atoms with Crippen LogP contribution in [0.2, 0.25) is 0 Å². The third-order valence-electron chi connectivity index (χ3n) is 12.1. The lowest BCUT2D eigenvalue weighted by molar-refractivity contribution is 0.667. The third-order valence-corrected chi connectivity index (χ3v) is 13.2. The van der Waals surface area contributed by atoms with Crippen LogP contribution in [0.1, 0.15) is 0 Å². The van der Waals surface area contributed by atoms with Crippen molar-refractivity contribution in [1.82, 2.24) is 19.5 Å². The predicted octanol–water partition coefficient (Wildman–Crippen LogP) is 15.1. The second-order valence-corrected chi connectivity index (χ2v) is 16.9. The van der Waals surface area contributed by atoms with Crippen molar-refractivity contribution in [3.05, 3.63) is 212 Å². The fourth-order valence-corrected chi connectivity index (χ4v) is 10.2. The van der Waals surface area contributed by atoms with Gasteiger partial charge in [-0.25, -0.2) is 15.0 Å². The zero-order chi connectivity index (χ0) is 42.1. The molecule has 3 aromatic heterocycles. The maximum Gasteiger partial charge on any atom is 0.167 e. The maximum atomic E-state index is 7.12. The molecule has 0 spiro atoms. The fraction of sp³-hybridized carbons (Fsp3) is 0. The number of para-hydroxylation sites is 4. The van der Waals surface area contributed by atoms with Crippen molar-refractivity contribution in [2.75, 3.05) is 4.90 Å². The molecule has 1 aliphatic rings. The van der Waals surface area contributed by atoms with Crippen LogP contribution < -0.4 is 4.90 Å². The summed E-state index contributed by atoms with van der Waals surface area (Å²) in [5.74, 6) is 1.76. The van der Waals surface area contributed by atoms with Crippen LogP contribution in [-0.2, 0) is 0 Å². The van der Waals surface area contributed by atoms with Crippen molar-refractivity contribution in [2.24, 2.45) is 0 Å². The van der Waals surface area contributed by atoms with Crippen LogP contribution in [0.15, 0.2) is 214 Å². The van der Waals surface area contributed by atoms with Crippen molar-refractivity contribution >= 4 is 72.6 Å². The van der Waals surface area contributed by atoms with Gasteiger partial charge in [0.05, 0.1) is 33.7 Å². The standard InChI is InChI=1S/C57H33N5OS/c1-4-17-36(18-5-1)39-23-14-24-40(33-39)61-47-30-12-13-32-51(47)64-52-35-49-45(34-50(52)61)41-25-10-11-29-46(41)62(49)48-31-16-27-43-42-26-15-28-44(53(42)63-54(43)48)57-59-55(37-19-6-2-7-20-37)58-56(60-57)38-21-8-3-9-22-38/h1-4,6-17,19-35H. The topological polar surface area (TPSA) is 60.0 Å². The largest absolute Gasteiger partial charge is 0.453 e. The molecule has 0 aliphatic carbocycles. The van der Waals surface area contributed by atoms with Crippen LogP contribution in [0.5, 0.6) is 0 Å². The predicted molar refractivity (Wildman–Crippen MR) is 260 cm³/mol. The molecule has 4 heterocycles.